The zero-order chi connectivity index (χ0) is 10.5. The van der Waals surface area contributed by atoms with Gasteiger partial charge in [-0.3, -0.25) is 4.79 Å². The van der Waals surface area contributed by atoms with Gasteiger partial charge in [-0.2, -0.15) is 0 Å². The Balaban J connectivity index is 0.000000424. The summed E-state index contributed by atoms with van der Waals surface area (Å²) in [5, 5.41) is 6.89. The number of sulfonamides is 1. The van der Waals surface area contributed by atoms with Crippen LogP contribution in [0.25, 0.3) is 0 Å². The molecule has 13 heavy (non-hydrogen) atoms. The molecule has 6 heteroatoms. The van der Waals surface area contributed by atoms with Gasteiger partial charge < -0.3 is 5.11 Å². The fourth-order valence-corrected chi connectivity index (χ4v) is 1.77. The lowest BCUT2D eigenvalue weighted by Gasteiger charge is -2.32. The van der Waals surface area contributed by atoms with E-state index < -0.39 is 10.0 Å². The van der Waals surface area contributed by atoms with Crippen molar-refractivity contribution in [1.29, 1.82) is 0 Å². The van der Waals surface area contributed by atoms with Crippen molar-refractivity contribution >= 4 is 16.5 Å². The zero-order valence-corrected chi connectivity index (χ0v) is 8.62. The molecule has 1 aliphatic rings. The Bertz CT molecular complexity index is 245. The summed E-state index contributed by atoms with van der Waals surface area (Å²) >= 11 is 0. The fourth-order valence-electron chi connectivity index (χ4n) is 1.02. The molecule has 1 fully saturated rings. The van der Waals surface area contributed by atoms with E-state index in [1.165, 1.54) is 17.0 Å². The lowest BCUT2D eigenvalue weighted by Crippen LogP contribution is -2.40. The van der Waals surface area contributed by atoms with Crippen LogP contribution in [0.15, 0.2) is 0 Å². The Kier molecular flexibility index (Phi) is 4.94. The molecule has 5 nitrogen and oxygen atoms in total. The van der Waals surface area contributed by atoms with Gasteiger partial charge in [0.15, 0.2) is 0 Å². The normalized spacial score (nSPS) is 17.2. The first-order valence-corrected chi connectivity index (χ1v) is 5.79. The van der Waals surface area contributed by atoms with Crippen molar-refractivity contribution in [2.24, 2.45) is 0 Å². The van der Waals surface area contributed by atoms with Crippen LogP contribution in [0, 0.1) is 0 Å². The first kappa shape index (κ1) is 12.4. The van der Waals surface area contributed by atoms with Gasteiger partial charge in [0.1, 0.15) is 0 Å². The average Bonchev–Trinajstić information content (AvgIpc) is 1.82. The molecule has 1 saturated carbocycles. The SMILES string of the molecule is CN(C1CCC1)S(C)(=O)=O.O=CO. The maximum absolute atomic E-state index is 10.9. The molecule has 0 aliphatic heterocycles. The van der Waals surface area contributed by atoms with E-state index in [1.807, 2.05) is 0 Å². The first-order valence-electron chi connectivity index (χ1n) is 3.94. The van der Waals surface area contributed by atoms with E-state index in [0.717, 1.165) is 12.8 Å². The van der Waals surface area contributed by atoms with E-state index in [9.17, 15) is 8.42 Å². The van der Waals surface area contributed by atoms with Crippen molar-refractivity contribution in [3.8, 4) is 0 Å². The second-order valence-corrected chi connectivity index (χ2v) is 5.01. The van der Waals surface area contributed by atoms with Crippen molar-refractivity contribution in [3.63, 3.8) is 0 Å². The van der Waals surface area contributed by atoms with Gasteiger partial charge >= 0.3 is 0 Å². The molecule has 0 spiro atoms. The molecule has 0 radical (unpaired) electrons. The van der Waals surface area contributed by atoms with Gasteiger partial charge in [0.05, 0.1) is 6.26 Å². The molecule has 1 aliphatic carbocycles. The summed E-state index contributed by atoms with van der Waals surface area (Å²) in [5.41, 5.74) is 0. The van der Waals surface area contributed by atoms with Gasteiger partial charge in [0.25, 0.3) is 6.47 Å². The number of nitrogens with zero attached hydrogens (tertiary/aromatic N) is 1. The minimum absolute atomic E-state index is 0.250. The lowest BCUT2D eigenvalue weighted by atomic mass is 9.94. The topological polar surface area (TPSA) is 74.7 Å². The van der Waals surface area contributed by atoms with Gasteiger partial charge in [0.2, 0.25) is 10.0 Å². The number of hydrogen-bond donors (Lipinski definition) is 1. The molecule has 0 bridgehead atoms. The van der Waals surface area contributed by atoms with E-state index in [2.05, 4.69) is 0 Å². The first-order chi connectivity index (χ1) is 5.93. The van der Waals surface area contributed by atoms with Crippen molar-refractivity contribution in [2.45, 2.75) is 25.3 Å². The van der Waals surface area contributed by atoms with E-state index in [4.69, 9.17) is 9.90 Å². The maximum atomic E-state index is 10.9. The van der Waals surface area contributed by atoms with Crippen LogP contribution < -0.4 is 0 Å². The van der Waals surface area contributed by atoms with Crippen LogP contribution in [-0.4, -0.2) is 43.6 Å². The van der Waals surface area contributed by atoms with Crippen LogP contribution in [0.4, 0.5) is 0 Å². The van der Waals surface area contributed by atoms with E-state index in [1.54, 1.807) is 7.05 Å². The largest absolute Gasteiger partial charge is 0.483 e. The lowest BCUT2D eigenvalue weighted by molar-refractivity contribution is -0.122. The quantitative estimate of drug-likeness (QED) is 0.656. The molecule has 1 rings (SSSR count). The summed E-state index contributed by atoms with van der Waals surface area (Å²) in [4.78, 5) is 8.36. The van der Waals surface area contributed by atoms with E-state index >= 15 is 0 Å². The molecular weight excluding hydrogens is 194 g/mol. The number of hydrogen-bond acceptors (Lipinski definition) is 3. The third kappa shape index (κ3) is 4.23. The number of rotatable bonds is 2. The van der Waals surface area contributed by atoms with Gasteiger partial charge in [-0.1, -0.05) is 6.42 Å². The van der Waals surface area contributed by atoms with Gasteiger partial charge in [-0.15, -0.1) is 0 Å². The van der Waals surface area contributed by atoms with Crippen molar-refractivity contribution in [2.75, 3.05) is 13.3 Å². The van der Waals surface area contributed by atoms with Gasteiger partial charge in [-0.25, -0.2) is 12.7 Å². The smallest absolute Gasteiger partial charge is 0.290 e. The molecule has 0 aromatic carbocycles. The summed E-state index contributed by atoms with van der Waals surface area (Å²) in [6.45, 7) is -0.250. The van der Waals surface area contributed by atoms with Crippen molar-refractivity contribution in [1.82, 2.24) is 4.31 Å². The Labute approximate surface area is 78.4 Å². The van der Waals surface area contributed by atoms with Crippen LogP contribution in [0.3, 0.4) is 0 Å². The molecule has 1 N–H and O–H groups in total. The Morgan fingerprint density at radius 3 is 1.92 bits per heavy atom. The Morgan fingerprint density at radius 1 is 1.46 bits per heavy atom. The average molecular weight is 209 g/mol. The maximum Gasteiger partial charge on any atom is 0.290 e. The van der Waals surface area contributed by atoms with Gasteiger partial charge in [-0.05, 0) is 12.8 Å². The standard InChI is InChI=1S/C6H13NO2S.CH2O2/c1-7(10(2,8)9)6-4-3-5-6;2-1-3/h6H,3-5H2,1-2H3;1H,(H,2,3). The molecule has 0 amide bonds. The Morgan fingerprint density at radius 2 is 1.85 bits per heavy atom. The molecule has 0 aromatic heterocycles. The molecule has 78 valence electrons. The van der Waals surface area contributed by atoms with E-state index in [-0.39, 0.29) is 12.5 Å². The highest BCUT2D eigenvalue weighted by molar-refractivity contribution is 7.88. The minimum Gasteiger partial charge on any atom is -0.483 e. The summed E-state index contributed by atoms with van der Waals surface area (Å²) < 4.78 is 23.3. The second-order valence-electron chi connectivity index (χ2n) is 2.97. The molecule has 0 atom stereocenters. The monoisotopic (exact) mass is 209 g/mol. The second kappa shape index (κ2) is 5.18. The van der Waals surface area contributed by atoms with E-state index in [0.29, 0.717) is 0 Å². The van der Waals surface area contributed by atoms with Crippen LogP contribution in [0.2, 0.25) is 0 Å². The predicted molar refractivity (Wildman–Crippen MR) is 48.9 cm³/mol. The Hall–Kier alpha value is -0.620. The highest BCUT2D eigenvalue weighted by atomic mass is 32.2. The highest BCUT2D eigenvalue weighted by Crippen LogP contribution is 2.24. The number of carbonyl (C=O) groups is 1. The third-order valence-corrected chi connectivity index (χ3v) is 3.46. The van der Waals surface area contributed by atoms with Crippen LogP contribution in [0.1, 0.15) is 19.3 Å². The zero-order valence-electron chi connectivity index (χ0n) is 7.80. The molecule has 0 aromatic rings. The predicted octanol–water partition coefficient (Wildman–Crippen LogP) is 0.131. The summed E-state index contributed by atoms with van der Waals surface area (Å²) in [7, 11) is -1.28. The van der Waals surface area contributed by atoms with Crippen molar-refractivity contribution < 1.29 is 18.3 Å². The highest BCUT2D eigenvalue weighted by Gasteiger charge is 2.27. The third-order valence-electron chi connectivity index (χ3n) is 2.11. The van der Waals surface area contributed by atoms with Crippen LogP contribution >= 0.6 is 0 Å². The molecule has 0 unspecified atom stereocenters. The molecule has 0 heterocycles. The van der Waals surface area contributed by atoms with Crippen LogP contribution in [0.5, 0.6) is 0 Å². The summed E-state index contributed by atoms with van der Waals surface area (Å²) in [6, 6.07) is 0.287. The minimum atomic E-state index is -2.93. The molecular formula is C7H15NO4S. The summed E-state index contributed by atoms with van der Waals surface area (Å²) in [5.74, 6) is 0. The van der Waals surface area contributed by atoms with Crippen molar-refractivity contribution in [3.05, 3.63) is 0 Å². The van der Waals surface area contributed by atoms with Gasteiger partial charge in [0, 0.05) is 13.1 Å². The number of carboxylic acid groups (broad SMARTS) is 1. The van der Waals surface area contributed by atoms with Crippen LogP contribution in [-0.2, 0) is 14.8 Å². The fraction of sp³-hybridized carbons (Fsp3) is 0.857. The molecule has 0 saturated heterocycles. The summed E-state index contributed by atoms with van der Waals surface area (Å²) in [6.07, 6.45) is 4.49.